The summed E-state index contributed by atoms with van der Waals surface area (Å²) in [7, 11) is 0. The molecular formula is C15H18O4. The number of fused-ring (bicyclic) bond motifs is 3. The van der Waals surface area contributed by atoms with E-state index in [9.17, 15) is 14.7 Å². The summed E-state index contributed by atoms with van der Waals surface area (Å²) in [4.78, 5) is 24.1. The van der Waals surface area contributed by atoms with Crippen molar-refractivity contribution in [1.29, 1.82) is 0 Å². The third-order valence-electron chi connectivity index (χ3n) is 5.37. The van der Waals surface area contributed by atoms with Crippen LogP contribution in [-0.4, -0.2) is 28.6 Å². The van der Waals surface area contributed by atoms with Crippen LogP contribution in [0.5, 0.6) is 0 Å². The number of esters is 1. The van der Waals surface area contributed by atoms with E-state index in [1.807, 2.05) is 6.92 Å². The molecule has 0 aromatic carbocycles. The van der Waals surface area contributed by atoms with Crippen molar-refractivity contribution in [2.75, 3.05) is 0 Å². The number of aliphatic hydroxyl groups is 1. The van der Waals surface area contributed by atoms with Crippen LogP contribution < -0.4 is 0 Å². The van der Waals surface area contributed by atoms with Crippen LogP contribution in [0.2, 0.25) is 0 Å². The quantitative estimate of drug-likeness (QED) is 0.529. The molecule has 0 unspecified atom stereocenters. The Morgan fingerprint density at radius 3 is 2.79 bits per heavy atom. The molecule has 2 fully saturated rings. The SMILES string of the molecule is C=C1C(=O)O[C@H]2[C@H]1CC[C@@H](C)[C@]1(O)C=CC(=O)[C@@]21C. The second-order valence-corrected chi connectivity index (χ2v) is 6.16. The zero-order valence-electron chi connectivity index (χ0n) is 11.2. The van der Waals surface area contributed by atoms with Gasteiger partial charge in [-0.2, -0.15) is 0 Å². The van der Waals surface area contributed by atoms with Crippen LogP contribution in [0, 0.1) is 17.3 Å². The van der Waals surface area contributed by atoms with Crippen LogP contribution in [0.4, 0.5) is 0 Å². The molecule has 1 saturated carbocycles. The molecule has 1 N–H and O–H groups in total. The van der Waals surface area contributed by atoms with Gasteiger partial charge in [0, 0.05) is 11.5 Å². The molecule has 0 spiro atoms. The van der Waals surface area contributed by atoms with Gasteiger partial charge in [-0.15, -0.1) is 0 Å². The fraction of sp³-hybridized carbons (Fsp3) is 0.600. The largest absolute Gasteiger partial charge is 0.457 e. The fourth-order valence-corrected chi connectivity index (χ4v) is 3.89. The Labute approximate surface area is 112 Å². The first-order valence-electron chi connectivity index (χ1n) is 6.68. The summed E-state index contributed by atoms with van der Waals surface area (Å²) in [5.41, 5.74) is -1.90. The van der Waals surface area contributed by atoms with Crippen LogP contribution >= 0.6 is 0 Å². The van der Waals surface area contributed by atoms with E-state index in [1.54, 1.807) is 13.0 Å². The van der Waals surface area contributed by atoms with Crippen molar-refractivity contribution in [1.82, 2.24) is 0 Å². The second-order valence-electron chi connectivity index (χ2n) is 6.16. The summed E-state index contributed by atoms with van der Waals surface area (Å²) in [6.07, 6.45) is 3.85. The molecule has 1 aliphatic heterocycles. The predicted octanol–water partition coefficient (Wildman–Crippen LogP) is 1.39. The van der Waals surface area contributed by atoms with Crippen LogP contribution in [0.15, 0.2) is 24.3 Å². The third kappa shape index (κ3) is 1.27. The molecule has 0 aromatic rings. The second kappa shape index (κ2) is 3.57. The molecular weight excluding hydrogens is 244 g/mol. The van der Waals surface area contributed by atoms with Crippen molar-refractivity contribution >= 4 is 11.8 Å². The van der Waals surface area contributed by atoms with Crippen molar-refractivity contribution in [2.24, 2.45) is 17.3 Å². The maximum atomic E-state index is 12.3. The van der Waals surface area contributed by atoms with Gasteiger partial charge in [-0.3, -0.25) is 4.79 Å². The summed E-state index contributed by atoms with van der Waals surface area (Å²) in [6.45, 7) is 7.44. The molecule has 3 aliphatic rings. The normalized spacial score (nSPS) is 48.8. The number of hydrogen-bond acceptors (Lipinski definition) is 4. The Morgan fingerprint density at radius 2 is 2.11 bits per heavy atom. The molecule has 0 amide bonds. The minimum absolute atomic E-state index is 0.0581. The van der Waals surface area contributed by atoms with E-state index in [-0.39, 0.29) is 17.6 Å². The number of ketones is 1. The van der Waals surface area contributed by atoms with Crippen LogP contribution in [0.1, 0.15) is 26.7 Å². The summed E-state index contributed by atoms with van der Waals surface area (Å²) in [6, 6.07) is 0. The van der Waals surface area contributed by atoms with E-state index in [2.05, 4.69) is 6.58 Å². The minimum atomic E-state index is -1.24. The highest BCUT2D eigenvalue weighted by Crippen LogP contribution is 2.56. The molecule has 19 heavy (non-hydrogen) atoms. The summed E-state index contributed by atoms with van der Waals surface area (Å²) < 4.78 is 5.40. The predicted molar refractivity (Wildman–Crippen MR) is 68.1 cm³/mol. The maximum absolute atomic E-state index is 12.3. The number of carbonyl (C=O) groups is 2. The first-order chi connectivity index (χ1) is 8.82. The van der Waals surface area contributed by atoms with Gasteiger partial charge in [-0.05, 0) is 37.8 Å². The Balaban J connectivity index is 2.16. The van der Waals surface area contributed by atoms with E-state index < -0.39 is 23.1 Å². The van der Waals surface area contributed by atoms with Gasteiger partial charge in [0.2, 0.25) is 0 Å². The molecule has 0 radical (unpaired) electrons. The minimum Gasteiger partial charge on any atom is -0.457 e. The molecule has 0 aromatic heterocycles. The monoisotopic (exact) mass is 262 g/mol. The number of allylic oxidation sites excluding steroid dienone is 1. The van der Waals surface area contributed by atoms with Gasteiger partial charge in [0.15, 0.2) is 5.78 Å². The van der Waals surface area contributed by atoms with Crippen LogP contribution in [0.25, 0.3) is 0 Å². The topological polar surface area (TPSA) is 63.6 Å². The molecule has 5 atom stereocenters. The van der Waals surface area contributed by atoms with Crippen molar-refractivity contribution in [3.8, 4) is 0 Å². The zero-order chi connectivity index (χ0) is 14.0. The van der Waals surface area contributed by atoms with E-state index in [4.69, 9.17) is 4.74 Å². The Hall–Kier alpha value is -1.42. The van der Waals surface area contributed by atoms with Crippen molar-refractivity contribution in [3.63, 3.8) is 0 Å². The van der Waals surface area contributed by atoms with Gasteiger partial charge in [0.1, 0.15) is 17.1 Å². The maximum Gasteiger partial charge on any atom is 0.334 e. The summed E-state index contributed by atoms with van der Waals surface area (Å²) >= 11 is 0. The molecule has 0 bridgehead atoms. The van der Waals surface area contributed by atoms with Gasteiger partial charge in [-0.25, -0.2) is 4.79 Å². The highest BCUT2D eigenvalue weighted by molar-refractivity contribution is 6.01. The highest BCUT2D eigenvalue weighted by Gasteiger charge is 2.66. The van der Waals surface area contributed by atoms with Gasteiger partial charge in [-0.1, -0.05) is 13.5 Å². The van der Waals surface area contributed by atoms with Crippen molar-refractivity contribution in [3.05, 3.63) is 24.3 Å². The lowest BCUT2D eigenvalue weighted by atomic mass is 9.65. The summed E-state index contributed by atoms with van der Waals surface area (Å²) in [5.74, 6) is -0.829. The smallest absolute Gasteiger partial charge is 0.334 e. The van der Waals surface area contributed by atoms with Crippen LogP contribution in [0.3, 0.4) is 0 Å². The lowest BCUT2D eigenvalue weighted by molar-refractivity contribution is -0.165. The number of ether oxygens (including phenoxy) is 1. The van der Waals surface area contributed by atoms with Gasteiger partial charge in [0.25, 0.3) is 0 Å². The number of hydrogen-bond donors (Lipinski definition) is 1. The standard InChI is InChI=1S/C15H18O4/c1-8-4-5-10-9(2)13(17)19-12(10)14(3)11(16)6-7-15(8,14)18/h6-8,10,12,18H,2,4-5H2,1,3H3/t8-,10+,12+,14+,15-/m1/s1. The van der Waals surface area contributed by atoms with E-state index in [0.717, 1.165) is 12.8 Å². The lowest BCUT2D eigenvalue weighted by Crippen LogP contribution is -2.56. The molecule has 1 saturated heterocycles. The first-order valence-corrected chi connectivity index (χ1v) is 6.68. The lowest BCUT2D eigenvalue weighted by Gasteiger charge is -2.43. The van der Waals surface area contributed by atoms with Gasteiger partial charge < -0.3 is 9.84 Å². The van der Waals surface area contributed by atoms with Gasteiger partial charge >= 0.3 is 5.97 Å². The van der Waals surface area contributed by atoms with Crippen LogP contribution in [-0.2, 0) is 14.3 Å². The van der Waals surface area contributed by atoms with Crippen molar-refractivity contribution in [2.45, 2.75) is 38.4 Å². The molecule has 4 nitrogen and oxygen atoms in total. The third-order valence-corrected chi connectivity index (χ3v) is 5.37. The Morgan fingerprint density at radius 1 is 1.42 bits per heavy atom. The summed E-state index contributed by atoms with van der Waals surface area (Å²) in [5, 5.41) is 11.0. The average Bonchev–Trinajstić information content (AvgIpc) is 2.76. The highest BCUT2D eigenvalue weighted by atomic mass is 16.6. The Bertz CT molecular complexity index is 520. The van der Waals surface area contributed by atoms with E-state index in [0.29, 0.717) is 5.57 Å². The molecule has 2 aliphatic carbocycles. The molecule has 102 valence electrons. The fourth-order valence-electron chi connectivity index (χ4n) is 3.89. The first kappa shape index (κ1) is 12.6. The average molecular weight is 262 g/mol. The number of rotatable bonds is 0. The number of carbonyl (C=O) groups excluding carboxylic acids is 2. The van der Waals surface area contributed by atoms with Gasteiger partial charge in [0.05, 0.1) is 0 Å². The molecule has 4 heteroatoms. The molecule has 1 heterocycles. The zero-order valence-corrected chi connectivity index (χ0v) is 11.2. The van der Waals surface area contributed by atoms with E-state index in [1.165, 1.54) is 6.08 Å². The van der Waals surface area contributed by atoms with Crippen molar-refractivity contribution < 1.29 is 19.4 Å². The Kier molecular flexibility index (Phi) is 2.37. The van der Waals surface area contributed by atoms with E-state index >= 15 is 0 Å². The molecule has 3 rings (SSSR count).